The van der Waals surface area contributed by atoms with E-state index in [1.807, 2.05) is 0 Å². The molecule has 136 valence electrons. The van der Waals surface area contributed by atoms with Crippen LogP contribution in [-0.2, 0) is 6.61 Å². The predicted octanol–water partition coefficient (Wildman–Crippen LogP) is 4.86. The van der Waals surface area contributed by atoms with Gasteiger partial charge in [0.2, 0.25) is 0 Å². The summed E-state index contributed by atoms with van der Waals surface area (Å²) in [5, 5.41) is 2.79. The molecule has 0 atom stereocenters. The van der Waals surface area contributed by atoms with E-state index in [1.54, 1.807) is 60.7 Å². The molecule has 0 spiro atoms. The highest BCUT2D eigenvalue weighted by Gasteiger charge is 2.13. The number of hydrogen-bond donors (Lipinski definition) is 1. The number of anilines is 1. The zero-order chi connectivity index (χ0) is 19.2. The van der Waals surface area contributed by atoms with Gasteiger partial charge in [-0.3, -0.25) is 9.59 Å². The standard InChI is InChI=1S/C22H18FNO3/c1-15(25)17-8-12-19(13-9-17)24-22(26)20-4-2-3-5-21(20)27-14-16-6-10-18(23)11-7-16/h2-13H,14H2,1H3,(H,24,26). The van der Waals surface area contributed by atoms with Gasteiger partial charge >= 0.3 is 0 Å². The highest BCUT2D eigenvalue weighted by Crippen LogP contribution is 2.21. The summed E-state index contributed by atoms with van der Waals surface area (Å²) in [6.45, 7) is 1.71. The van der Waals surface area contributed by atoms with Gasteiger partial charge in [-0.1, -0.05) is 24.3 Å². The minimum Gasteiger partial charge on any atom is -0.488 e. The Labute approximate surface area is 156 Å². The molecule has 0 bridgehead atoms. The van der Waals surface area contributed by atoms with Crippen LogP contribution >= 0.6 is 0 Å². The van der Waals surface area contributed by atoms with Gasteiger partial charge in [0.1, 0.15) is 18.2 Å². The number of benzene rings is 3. The SMILES string of the molecule is CC(=O)c1ccc(NC(=O)c2ccccc2OCc2ccc(F)cc2)cc1. The molecule has 0 radical (unpaired) electrons. The van der Waals surface area contributed by atoms with Gasteiger partial charge in [-0.15, -0.1) is 0 Å². The van der Waals surface area contributed by atoms with E-state index in [-0.39, 0.29) is 24.1 Å². The van der Waals surface area contributed by atoms with Crippen LogP contribution in [0.2, 0.25) is 0 Å². The third-order valence-electron chi connectivity index (χ3n) is 3.99. The van der Waals surface area contributed by atoms with E-state index in [0.29, 0.717) is 22.6 Å². The Balaban J connectivity index is 1.71. The van der Waals surface area contributed by atoms with Gasteiger partial charge in [-0.25, -0.2) is 4.39 Å². The summed E-state index contributed by atoms with van der Waals surface area (Å²) in [4.78, 5) is 23.9. The van der Waals surface area contributed by atoms with Crippen molar-refractivity contribution in [1.29, 1.82) is 0 Å². The van der Waals surface area contributed by atoms with Gasteiger partial charge in [0.15, 0.2) is 5.78 Å². The number of carbonyl (C=O) groups is 2. The largest absolute Gasteiger partial charge is 0.488 e. The molecule has 4 nitrogen and oxygen atoms in total. The molecule has 0 fully saturated rings. The number of Topliss-reactive ketones (excluding diaryl/α,β-unsaturated/α-hetero) is 1. The van der Waals surface area contributed by atoms with Gasteiger partial charge in [0, 0.05) is 11.3 Å². The second kappa shape index (κ2) is 8.27. The fourth-order valence-electron chi connectivity index (χ4n) is 2.51. The van der Waals surface area contributed by atoms with E-state index >= 15 is 0 Å². The van der Waals surface area contributed by atoms with Crippen LogP contribution in [0.5, 0.6) is 5.75 Å². The summed E-state index contributed by atoms with van der Waals surface area (Å²) in [6.07, 6.45) is 0. The Morgan fingerprint density at radius 2 is 1.59 bits per heavy atom. The molecule has 0 saturated carbocycles. The number of halogens is 1. The second-order valence-electron chi connectivity index (χ2n) is 6.00. The molecule has 5 heteroatoms. The molecule has 0 heterocycles. The number of rotatable bonds is 6. The number of para-hydroxylation sites is 1. The van der Waals surface area contributed by atoms with Gasteiger partial charge in [-0.05, 0) is 61.0 Å². The average molecular weight is 363 g/mol. The lowest BCUT2D eigenvalue weighted by molar-refractivity contribution is 0.101. The molecule has 3 aromatic rings. The van der Waals surface area contributed by atoms with E-state index in [1.165, 1.54) is 19.1 Å². The van der Waals surface area contributed by atoms with Crippen LogP contribution in [0.4, 0.5) is 10.1 Å². The lowest BCUT2D eigenvalue weighted by Gasteiger charge is -2.12. The van der Waals surface area contributed by atoms with Crippen LogP contribution in [0.3, 0.4) is 0 Å². The lowest BCUT2D eigenvalue weighted by Crippen LogP contribution is -2.13. The summed E-state index contributed by atoms with van der Waals surface area (Å²) < 4.78 is 18.7. The second-order valence-corrected chi connectivity index (χ2v) is 6.00. The third-order valence-corrected chi connectivity index (χ3v) is 3.99. The van der Waals surface area contributed by atoms with E-state index in [2.05, 4.69) is 5.32 Å². The maximum absolute atomic E-state index is 13.0. The van der Waals surface area contributed by atoms with Crippen molar-refractivity contribution in [2.75, 3.05) is 5.32 Å². The number of carbonyl (C=O) groups excluding carboxylic acids is 2. The van der Waals surface area contributed by atoms with Crippen LogP contribution in [0.15, 0.2) is 72.8 Å². The lowest BCUT2D eigenvalue weighted by atomic mass is 10.1. The van der Waals surface area contributed by atoms with Gasteiger partial charge in [0.25, 0.3) is 5.91 Å². The highest BCUT2D eigenvalue weighted by atomic mass is 19.1. The first-order valence-electron chi connectivity index (χ1n) is 8.41. The first kappa shape index (κ1) is 18.3. The number of ketones is 1. The molecule has 27 heavy (non-hydrogen) atoms. The van der Waals surface area contributed by atoms with Crippen molar-refractivity contribution in [2.45, 2.75) is 13.5 Å². The van der Waals surface area contributed by atoms with Crippen molar-refractivity contribution in [1.82, 2.24) is 0 Å². The maximum Gasteiger partial charge on any atom is 0.259 e. The van der Waals surface area contributed by atoms with E-state index in [4.69, 9.17) is 4.74 Å². The van der Waals surface area contributed by atoms with E-state index < -0.39 is 0 Å². The van der Waals surface area contributed by atoms with Crippen molar-refractivity contribution in [3.63, 3.8) is 0 Å². The van der Waals surface area contributed by atoms with Crippen LogP contribution in [0.25, 0.3) is 0 Å². The van der Waals surface area contributed by atoms with Crippen molar-refractivity contribution >= 4 is 17.4 Å². The van der Waals surface area contributed by atoms with Crippen LogP contribution in [-0.4, -0.2) is 11.7 Å². The molecule has 3 rings (SSSR count). The molecule has 0 aliphatic heterocycles. The van der Waals surface area contributed by atoms with Gasteiger partial charge in [0.05, 0.1) is 5.56 Å². The molecule has 1 amide bonds. The fraction of sp³-hybridized carbons (Fsp3) is 0.0909. The van der Waals surface area contributed by atoms with Gasteiger partial charge < -0.3 is 10.1 Å². The zero-order valence-electron chi connectivity index (χ0n) is 14.7. The van der Waals surface area contributed by atoms with E-state index in [9.17, 15) is 14.0 Å². The van der Waals surface area contributed by atoms with Crippen LogP contribution < -0.4 is 10.1 Å². The molecule has 3 aromatic carbocycles. The number of ether oxygens (including phenoxy) is 1. The average Bonchev–Trinajstić information content (AvgIpc) is 2.68. The highest BCUT2D eigenvalue weighted by molar-refractivity contribution is 6.06. The summed E-state index contributed by atoms with van der Waals surface area (Å²) >= 11 is 0. The molecular weight excluding hydrogens is 345 g/mol. The normalized spacial score (nSPS) is 10.3. The molecule has 0 unspecified atom stereocenters. The molecule has 0 aliphatic rings. The smallest absolute Gasteiger partial charge is 0.259 e. The predicted molar refractivity (Wildman–Crippen MR) is 102 cm³/mol. The monoisotopic (exact) mass is 363 g/mol. The molecule has 0 aromatic heterocycles. The Morgan fingerprint density at radius 1 is 0.926 bits per heavy atom. The van der Waals surface area contributed by atoms with Crippen molar-refractivity contribution in [3.8, 4) is 5.75 Å². The maximum atomic E-state index is 13.0. The zero-order valence-corrected chi connectivity index (χ0v) is 14.7. The number of nitrogens with one attached hydrogen (secondary N) is 1. The van der Waals surface area contributed by atoms with Crippen molar-refractivity contribution in [2.24, 2.45) is 0 Å². The van der Waals surface area contributed by atoms with Crippen molar-refractivity contribution in [3.05, 3.63) is 95.3 Å². The molecule has 0 aliphatic carbocycles. The quantitative estimate of drug-likeness (QED) is 0.636. The first-order chi connectivity index (χ1) is 13.0. The molecular formula is C22H18FNO3. The molecule has 1 N–H and O–H groups in total. The number of hydrogen-bond acceptors (Lipinski definition) is 3. The van der Waals surface area contributed by atoms with Gasteiger partial charge in [-0.2, -0.15) is 0 Å². The summed E-state index contributed by atoms with van der Waals surface area (Å²) in [5.41, 5.74) is 2.34. The topological polar surface area (TPSA) is 55.4 Å². The van der Waals surface area contributed by atoms with Crippen LogP contribution in [0.1, 0.15) is 33.2 Å². The first-order valence-corrected chi connectivity index (χ1v) is 8.41. The Bertz CT molecular complexity index is 950. The van der Waals surface area contributed by atoms with E-state index in [0.717, 1.165) is 5.56 Å². The fourth-order valence-corrected chi connectivity index (χ4v) is 2.51. The summed E-state index contributed by atoms with van der Waals surface area (Å²) in [5.74, 6) is -0.235. The minimum absolute atomic E-state index is 0.0348. The third kappa shape index (κ3) is 4.79. The Kier molecular flexibility index (Phi) is 5.61. The summed E-state index contributed by atoms with van der Waals surface area (Å²) in [7, 11) is 0. The summed E-state index contributed by atoms with van der Waals surface area (Å²) in [6, 6.07) is 19.6. The Morgan fingerprint density at radius 3 is 2.26 bits per heavy atom. The molecule has 0 saturated heterocycles. The van der Waals surface area contributed by atoms with Crippen LogP contribution in [0, 0.1) is 5.82 Å². The minimum atomic E-state index is -0.319. The Hall–Kier alpha value is -3.47. The van der Waals surface area contributed by atoms with Crippen molar-refractivity contribution < 1.29 is 18.7 Å². The number of amides is 1.